The molecule has 0 aliphatic heterocycles. The van der Waals surface area contributed by atoms with Crippen molar-refractivity contribution in [1.29, 1.82) is 0 Å². The Hall–Kier alpha value is -1.28. The fourth-order valence-electron chi connectivity index (χ4n) is 7.08. The Morgan fingerprint density at radius 1 is 0.508 bits per heavy atom. The summed E-state index contributed by atoms with van der Waals surface area (Å²) in [5.41, 5.74) is 5.38. The summed E-state index contributed by atoms with van der Waals surface area (Å²) in [4.78, 5) is 22.6. The second kappa shape index (κ2) is 47.8. The molecule has 2 unspecified atom stereocenters. The first kappa shape index (κ1) is 57.7. The molecule has 0 bridgehead atoms. The molecule has 0 saturated carbocycles. The van der Waals surface area contributed by atoms with Crippen molar-refractivity contribution >= 4 is 13.8 Å². The molecule has 2 atom stereocenters. The number of allylic oxidation sites excluding steroid dienone is 6. The van der Waals surface area contributed by atoms with Crippen LogP contribution in [0.5, 0.6) is 0 Å². The van der Waals surface area contributed by atoms with E-state index >= 15 is 0 Å². The summed E-state index contributed by atoms with van der Waals surface area (Å²) in [5.74, 6) is -0.336. The number of ether oxygens (including phenoxy) is 2. The quantitative estimate of drug-likeness (QED) is 0.0269. The van der Waals surface area contributed by atoms with E-state index in [1.165, 1.54) is 173 Å². The van der Waals surface area contributed by atoms with E-state index in [4.69, 9.17) is 24.3 Å². The average molecular weight is 854 g/mol. The highest BCUT2D eigenvalue weighted by molar-refractivity contribution is 7.47. The number of phosphoric ester groups is 1. The van der Waals surface area contributed by atoms with Gasteiger partial charge in [0.25, 0.3) is 0 Å². The third-order valence-corrected chi connectivity index (χ3v) is 11.8. The van der Waals surface area contributed by atoms with E-state index in [1.54, 1.807) is 0 Å². The van der Waals surface area contributed by atoms with Crippen molar-refractivity contribution in [2.45, 2.75) is 245 Å². The van der Waals surface area contributed by atoms with Gasteiger partial charge in [-0.3, -0.25) is 13.8 Å². The molecule has 348 valence electrons. The summed E-state index contributed by atoms with van der Waals surface area (Å²) in [6.45, 7) is 4.93. The van der Waals surface area contributed by atoms with E-state index in [2.05, 4.69) is 50.3 Å². The Morgan fingerprint density at radius 3 is 1.36 bits per heavy atom. The Labute approximate surface area is 365 Å². The fraction of sp³-hybridized carbons (Fsp3) is 0.860. The fourth-order valence-corrected chi connectivity index (χ4v) is 7.85. The lowest BCUT2D eigenvalue weighted by atomic mass is 10.1. The first-order valence-corrected chi connectivity index (χ1v) is 26.5. The van der Waals surface area contributed by atoms with Crippen LogP contribution in [-0.4, -0.2) is 49.9 Å². The molecule has 0 rings (SSSR count). The number of carbonyl (C=O) groups excluding carboxylic acids is 1. The van der Waals surface area contributed by atoms with Gasteiger partial charge < -0.3 is 20.1 Å². The zero-order valence-electron chi connectivity index (χ0n) is 38.7. The molecule has 0 fully saturated rings. The van der Waals surface area contributed by atoms with Gasteiger partial charge in [-0.25, -0.2) is 4.57 Å². The van der Waals surface area contributed by atoms with Crippen molar-refractivity contribution in [3.63, 3.8) is 0 Å². The lowest BCUT2D eigenvalue weighted by molar-refractivity contribution is -0.154. The lowest BCUT2D eigenvalue weighted by Crippen LogP contribution is -2.28. The summed E-state index contributed by atoms with van der Waals surface area (Å²) in [5, 5.41) is 0. The molecule has 0 spiro atoms. The highest BCUT2D eigenvalue weighted by atomic mass is 31.2. The zero-order valence-corrected chi connectivity index (χ0v) is 39.6. The van der Waals surface area contributed by atoms with Gasteiger partial charge >= 0.3 is 13.8 Å². The van der Waals surface area contributed by atoms with E-state index in [1.807, 2.05) is 0 Å². The van der Waals surface area contributed by atoms with Gasteiger partial charge in [-0.1, -0.05) is 198 Å². The minimum absolute atomic E-state index is 0.0969. The Bertz CT molecular complexity index is 1000. The minimum atomic E-state index is -4.28. The molecule has 0 aromatic carbocycles. The normalized spacial score (nSPS) is 13.6. The number of phosphoric acid groups is 1. The third kappa shape index (κ3) is 47.6. The number of hydrogen-bond donors (Lipinski definition) is 2. The molecule has 0 aromatic heterocycles. The number of esters is 1. The van der Waals surface area contributed by atoms with Gasteiger partial charge in [-0.15, -0.1) is 0 Å². The first-order chi connectivity index (χ1) is 28.9. The minimum Gasteiger partial charge on any atom is -0.457 e. The van der Waals surface area contributed by atoms with E-state index in [0.717, 1.165) is 44.9 Å². The standard InChI is InChI=1S/C50H96NO7P/c1-3-5-7-9-11-13-15-17-19-21-23-24-25-26-28-30-32-34-36-38-40-42-45-55-47-49(48-57-59(53,54)56-46-44-51)58-50(52)43-41-39-37-35-33-31-29-27-22-20-18-16-14-12-10-8-6-4-2/h14,16,20-23,49H,3-13,15,17-19,24-48,51H2,1-2H3,(H,53,54)/b16-14-,22-20-,23-21-. The van der Waals surface area contributed by atoms with Gasteiger partial charge in [0.2, 0.25) is 0 Å². The van der Waals surface area contributed by atoms with Crippen molar-refractivity contribution in [3.8, 4) is 0 Å². The lowest BCUT2D eigenvalue weighted by Gasteiger charge is -2.20. The number of carbonyl (C=O) groups is 1. The van der Waals surface area contributed by atoms with Gasteiger partial charge in [0.1, 0.15) is 6.10 Å². The smallest absolute Gasteiger partial charge is 0.457 e. The summed E-state index contributed by atoms with van der Waals surface area (Å²) < 4.78 is 33.6. The summed E-state index contributed by atoms with van der Waals surface area (Å²) in [6, 6.07) is 0. The Morgan fingerprint density at radius 2 is 0.898 bits per heavy atom. The van der Waals surface area contributed by atoms with Crippen molar-refractivity contribution < 1.29 is 32.8 Å². The van der Waals surface area contributed by atoms with Crippen molar-refractivity contribution in [2.24, 2.45) is 5.73 Å². The van der Waals surface area contributed by atoms with Gasteiger partial charge in [0, 0.05) is 19.6 Å². The Kier molecular flexibility index (Phi) is 46.7. The zero-order chi connectivity index (χ0) is 43.0. The molecule has 3 N–H and O–H groups in total. The topological polar surface area (TPSA) is 117 Å². The number of rotatable bonds is 48. The van der Waals surface area contributed by atoms with Crippen LogP contribution in [0.15, 0.2) is 36.5 Å². The number of hydrogen-bond acceptors (Lipinski definition) is 7. The van der Waals surface area contributed by atoms with Crippen LogP contribution in [0.25, 0.3) is 0 Å². The molecule has 0 amide bonds. The molecule has 0 aliphatic carbocycles. The molecule has 59 heavy (non-hydrogen) atoms. The predicted molar refractivity (Wildman–Crippen MR) is 252 cm³/mol. The summed E-state index contributed by atoms with van der Waals surface area (Å²) in [6.07, 6.45) is 56.0. The highest BCUT2D eigenvalue weighted by Gasteiger charge is 2.25. The maximum absolute atomic E-state index is 12.6. The van der Waals surface area contributed by atoms with Gasteiger partial charge in [0.15, 0.2) is 0 Å². The maximum Gasteiger partial charge on any atom is 0.472 e. The van der Waals surface area contributed by atoms with E-state index in [9.17, 15) is 14.3 Å². The molecule has 0 radical (unpaired) electrons. The maximum atomic E-state index is 12.6. The Balaban J connectivity index is 3.95. The molecule has 0 saturated heterocycles. The van der Waals surface area contributed by atoms with Crippen LogP contribution in [0, 0.1) is 0 Å². The molecule has 8 nitrogen and oxygen atoms in total. The van der Waals surface area contributed by atoms with Crippen LogP contribution >= 0.6 is 7.82 Å². The van der Waals surface area contributed by atoms with Crippen LogP contribution in [0.1, 0.15) is 239 Å². The number of unbranched alkanes of at least 4 members (excludes halogenated alkanes) is 29. The van der Waals surface area contributed by atoms with Crippen LogP contribution in [0.4, 0.5) is 0 Å². The van der Waals surface area contributed by atoms with Gasteiger partial charge in [0.05, 0.1) is 19.8 Å². The highest BCUT2D eigenvalue weighted by Crippen LogP contribution is 2.43. The van der Waals surface area contributed by atoms with Crippen LogP contribution < -0.4 is 5.73 Å². The van der Waals surface area contributed by atoms with Gasteiger partial charge in [-0.05, 0) is 70.6 Å². The van der Waals surface area contributed by atoms with Crippen molar-refractivity contribution in [1.82, 2.24) is 0 Å². The van der Waals surface area contributed by atoms with Gasteiger partial charge in [-0.2, -0.15) is 0 Å². The van der Waals surface area contributed by atoms with E-state index in [-0.39, 0.29) is 32.3 Å². The molecule has 0 aliphatic rings. The monoisotopic (exact) mass is 854 g/mol. The van der Waals surface area contributed by atoms with Crippen LogP contribution in [-0.2, 0) is 27.9 Å². The van der Waals surface area contributed by atoms with E-state index in [0.29, 0.717) is 13.0 Å². The molecule has 9 heteroatoms. The van der Waals surface area contributed by atoms with Crippen molar-refractivity contribution in [3.05, 3.63) is 36.5 Å². The third-order valence-electron chi connectivity index (χ3n) is 10.8. The SMILES string of the molecule is CCCCCC/C=C\C/C=C\CCCCCCCCCC(=O)OC(COCCCCCCCCCCCC/C=C\CCCCCCCCCC)COP(=O)(O)OCCN. The predicted octanol–water partition coefficient (Wildman–Crippen LogP) is 15.4. The van der Waals surface area contributed by atoms with Crippen LogP contribution in [0.3, 0.4) is 0 Å². The largest absolute Gasteiger partial charge is 0.472 e. The second-order valence-electron chi connectivity index (χ2n) is 16.7. The molecular weight excluding hydrogens is 758 g/mol. The molecule has 0 aromatic rings. The number of nitrogens with two attached hydrogens (primary N) is 1. The van der Waals surface area contributed by atoms with Crippen LogP contribution in [0.2, 0.25) is 0 Å². The average Bonchev–Trinajstić information content (AvgIpc) is 3.23. The summed E-state index contributed by atoms with van der Waals surface area (Å²) >= 11 is 0. The van der Waals surface area contributed by atoms with Crippen molar-refractivity contribution in [2.75, 3.05) is 33.0 Å². The second-order valence-corrected chi connectivity index (χ2v) is 18.1. The molecule has 0 heterocycles. The summed E-state index contributed by atoms with van der Waals surface area (Å²) in [7, 11) is -4.28. The molecular formula is C50H96NO7P. The van der Waals surface area contributed by atoms with E-state index < -0.39 is 13.9 Å². The first-order valence-electron chi connectivity index (χ1n) is 25.0.